The molecule has 0 heterocycles. The summed E-state index contributed by atoms with van der Waals surface area (Å²) in [5, 5.41) is 8.87. The molecule has 1 aromatic rings. The summed E-state index contributed by atoms with van der Waals surface area (Å²) in [6.45, 7) is -0.643. The van der Waals surface area contributed by atoms with Crippen LogP contribution in [0.2, 0.25) is 0 Å². The van der Waals surface area contributed by atoms with E-state index in [1.165, 1.54) is 24.1 Å². The summed E-state index contributed by atoms with van der Waals surface area (Å²) in [5.41, 5.74) is -0.394. The van der Waals surface area contributed by atoms with E-state index in [4.69, 9.17) is 5.11 Å². The molecule has 0 radical (unpaired) electrons. The van der Waals surface area contributed by atoms with Crippen LogP contribution in [0.1, 0.15) is 11.1 Å². The van der Waals surface area contributed by atoms with Crippen LogP contribution in [-0.2, 0) is 12.7 Å². The minimum atomic E-state index is -4.71. The molecule has 0 bridgehead atoms. The number of nitrogens with zero attached hydrogens (tertiary/aromatic N) is 1. The van der Waals surface area contributed by atoms with Gasteiger partial charge in [0.2, 0.25) is 0 Å². The molecule has 2 nitrogen and oxygen atoms in total. The van der Waals surface area contributed by atoms with Gasteiger partial charge >= 0.3 is 12.4 Å². The number of benzene rings is 1. The molecule has 1 N–H and O–H groups in total. The van der Waals surface area contributed by atoms with Crippen LogP contribution in [-0.4, -0.2) is 35.9 Å². The zero-order chi connectivity index (χ0) is 15.6. The smallest absolute Gasteiger partial charge is 0.382 e. The SMILES string of the molecule is CN(Cc1ccc(C(F)(F)F)cc1)C[C@H](O)C(F)(F)F. The Hall–Kier alpha value is -1.28. The largest absolute Gasteiger partial charge is 0.416 e. The van der Waals surface area contributed by atoms with Crippen molar-refractivity contribution in [2.45, 2.75) is 25.0 Å². The van der Waals surface area contributed by atoms with Crippen molar-refractivity contribution in [2.75, 3.05) is 13.6 Å². The van der Waals surface area contributed by atoms with Gasteiger partial charge in [-0.3, -0.25) is 4.90 Å². The molecule has 0 saturated carbocycles. The third-order valence-corrected chi connectivity index (χ3v) is 2.60. The highest BCUT2D eigenvalue weighted by Gasteiger charge is 2.38. The van der Waals surface area contributed by atoms with Crippen molar-refractivity contribution >= 4 is 0 Å². The molecule has 0 spiro atoms. The lowest BCUT2D eigenvalue weighted by molar-refractivity contribution is -0.207. The molecule has 0 aliphatic rings. The summed E-state index contributed by atoms with van der Waals surface area (Å²) in [6, 6.07) is 4.12. The highest BCUT2D eigenvalue weighted by atomic mass is 19.4. The van der Waals surface area contributed by atoms with Crippen molar-refractivity contribution in [3.63, 3.8) is 0 Å². The van der Waals surface area contributed by atoms with Crippen LogP contribution >= 0.6 is 0 Å². The van der Waals surface area contributed by atoms with Crippen molar-refractivity contribution in [1.82, 2.24) is 4.90 Å². The Bertz CT molecular complexity index is 425. The van der Waals surface area contributed by atoms with Gasteiger partial charge in [-0.2, -0.15) is 26.3 Å². The van der Waals surface area contributed by atoms with E-state index in [0.717, 1.165) is 12.1 Å². The molecule has 20 heavy (non-hydrogen) atoms. The van der Waals surface area contributed by atoms with Crippen molar-refractivity contribution in [3.05, 3.63) is 35.4 Å². The Morgan fingerprint density at radius 3 is 1.95 bits per heavy atom. The van der Waals surface area contributed by atoms with E-state index in [1.807, 2.05) is 0 Å². The van der Waals surface area contributed by atoms with E-state index in [2.05, 4.69) is 0 Å². The number of hydrogen-bond acceptors (Lipinski definition) is 2. The molecule has 8 heteroatoms. The van der Waals surface area contributed by atoms with E-state index < -0.39 is 30.6 Å². The van der Waals surface area contributed by atoms with Crippen LogP contribution in [0.3, 0.4) is 0 Å². The van der Waals surface area contributed by atoms with Crippen molar-refractivity contribution < 1.29 is 31.4 Å². The van der Waals surface area contributed by atoms with Crippen molar-refractivity contribution in [3.8, 4) is 0 Å². The van der Waals surface area contributed by atoms with Gasteiger partial charge in [-0.15, -0.1) is 0 Å². The van der Waals surface area contributed by atoms with Gasteiger partial charge in [0.1, 0.15) is 0 Å². The first-order valence-corrected chi connectivity index (χ1v) is 5.59. The van der Waals surface area contributed by atoms with Gasteiger partial charge in [0, 0.05) is 13.1 Å². The molecule has 0 amide bonds. The fourth-order valence-corrected chi connectivity index (χ4v) is 1.57. The fraction of sp³-hybridized carbons (Fsp3) is 0.500. The Morgan fingerprint density at radius 2 is 1.55 bits per heavy atom. The molecule has 0 aromatic heterocycles. The van der Waals surface area contributed by atoms with Gasteiger partial charge in [0.05, 0.1) is 5.56 Å². The van der Waals surface area contributed by atoms with Crippen LogP contribution in [0.5, 0.6) is 0 Å². The van der Waals surface area contributed by atoms with Gasteiger partial charge in [0.15, 0.2) is 6.10 Å². The van der Waals surface area contributed by atoms with Crippen LogP contribution in [0.4, 0.5) is 26.3 Å². The number of halogens is 6. The van der Waals surface area contributed by atoms with Gasteiger partial charge in [-0.05, 0) is 24.7 Å². The zero-order valence-electron chi connectivity index (χ0n) is 10.5. The van der Waals surface area contributed by atoms with Gasteiger partial charge in [0.25, 0.3) is 0 Å². The molecule has 1 atom stereocenters. The summed E-state index contributed by atoms with van der Waals surface area (Å²) in [7, 11) is 1.34. The predicted octanol–water partition coefficient (Wildman–Crippen LogP) is 3.06. The van der Waals surface area contributed by atoms with Crippen molar-refractivity contribution in [2.24, 2.45) is 0 Å². The standard InChI is InChI=1S/C12H13F6NO/c1-19(7-10(20)12(16,17)18)6-8-2-4-9(5-3-8)11(13,14)15/h2-5,10,20H,6-7H2,1H3/t10-/m0/s1. The van der Waals surface area contributed by atoms with E-state index in [1.54, 1.807) is 0 Å². The van der Waals surface area contributed by atoms with E-state index in [9.17, 15) is 26.3 Å². The second-order valence-corrected chi connectivity index (χ2v) is 4.45. The Labute approximate surface area is 111 Å². The minimum absolute atomic E-state index is 0.00524. The Morgan fingerprint density at radius 1 is 1.05 bits per heavy atom. The summed E-state index contributed by atoms with van der Waals surface area (Å²) < 4.78 is 73.3. The number of rotatable bonds is 4. The lowest BCUT2D eigenvalue weighted by atomic mass is 10.1. The maximum absolute atomic E-state index is 12.3. The second-order valence-electron chi connectivity index (χ2n) is 4.45. The first-order valence-electron chi connectivity index (χ1n) is 5.59. The molecule has 1 rings (SSSR count). The van der Waals surface area contributed by atoms with Crippen LogP contribution < -0.4 is 0 Å². The van der Waals surface area contributed by atoms with Crippen LogP contribution in [0, 0.1) is 0 Å². The second kappa shape index (κ2) is 6.01. The van der Waals surface area contributed by atoms with E-state index in [0.29, 0.717) is 5.56 Å². The molecule has 114 valence electrons. The number of likely N-dealkylation sites (N-methyl/N-ethyl adjacent to an activating group) is 1. The van der Waals surface area contributed by atoms with Gasteiger partial charge in [-0.1, -0.05) is 12.1 Å². The van der Waals surface area contributed by atoms with Crippen molar-refractivity contribution in [1.29, 1.82) is 0 Å². The molecule has 1 aromatic carbocycles. The third kappa shape index (κ3) is 5.01. The minimum Gasteiger partial charge on any atom is -0.382 e. The average Bonchev–Trinajstić information content (AvgIpc) is 2.26. The molecule has 0 fully saturated rings. The normalized spacial score (nSPS) is 14.7. The highest BCUT2D eigenvalue weighted by molar-refractivity contribution is 5.24. The average molecular weight is 301 g/mol. The maximum atomic E-state index is 12.3. The zero-order valence-corrected chi connectivity index (χ0v) is 10.5. The summed E-state index contributed by atoms with van der Waals surface area (Å²) in [6.07, 6.45) is -11.6. The van der Waals surface area contributed by atoms with E-state index >= 15 is 0 Å². The number of aliphatic hydroxyl groups is 1. The molecule has 0 saturated heterocycles. The quantitative estimate of drug-likeness (QED) is 0.864. The molecule has 0 unspecified atom stereocenters. The number of alkyl halides is 6. The maximum Gasteiger partial charge on any atom is 0.416 e. The monoisotopic (exact) mass is 301 g/mol. The third-order valence-electron chi connectivity index (χ3n) is 2.60. The molecular weight excluding hydrogens is 288 g/mol. The lowest BCUT2D eigenvalue weighted by Gasteiger charge is -2.22. The van der Waals surface area contributed by atoms with Gasteiger partial charge < -0.3 is 5.11 Å². The fourth-order valence-electron chi connectivity index (χ4n) is 1.57. The topological polar surface area (TPSA) is 23.5 Å². The van der Waals surface area contributed by atoms with Crippen LogP contribution in [0.15, 0.2) is 24.3 Å². The lowest BCUT2D eigenvalue weighted by Crippen LogP contribution is -2.39. The summed E-state index contributed by atoms with van der Waals surface area (Å²) >= 11 is 0. The Balaban J connectivity index is 2.61. The molecule has 0 aliphatic heterocycles. The Kier molecular flexibility index (Phi) is 5.04. The van der Waals surface area contributed by atoms with Gasteiger partial charge in [-0.25, -0.2) is 0 Å². The highest BCUT2D eigenvalue weighted by Crippen LogP contribution is 2.29. The molecule has 0 aliphatic carbocycles. The molecular formula is C12H13F6NO. The summed E-state index contributed by atoms with van der Waals surface area (Å²) in [5.74, 6) is 0. The summed E-state index contributed by atoms with van der Waals surface area (Å²) in [4.78, 5) is 1.18. The number of aliphatic hydroxyl groups excluding tert-OH is 1. The van der Waals surface area contributed by atoms with Crippen LogP contribution in [0.25, 0.3) is 0 Å². The van der Waals surface area contributed by atoms with E-state index in [-0.39, 0.29) is 6.54 Å². The predicted molar refractivity (Wildman–Crippen MR) is 59.8 cm³/mol. The first kappa shape index (κ1) is 16.8. The number of hydrogen-bond donors (Lipinski definition) is 1. The first-order chi connectivity index (χ1) is 9.00.